The van der Waals surface area contributed by atoms with Crippen molar-refractivity contribution in [1.82, 2.24) is 5.32 Å². The summed E-state index contributed by atoms with van der Waals surface area (Å²) in [5.74, 6) is -0.453. The van der Waals surface area contributed by atoms with Crippen molar-refractivity contribution in [2.24, 2.45) is 0 Å². The van der Waals surface area contributed by atoms with Crippen LogP contribution in [-0.2, 0) is 9.53 Å². The van der Waals surface area contributed by atoms with Crippen LogP contribution >= 0.6 is 0 Å². The highest BCUT2D eigenvalue weighted by atomic mass is 19.1. The van der Waals surface area contributed by atoms with Gasteiger partial charge in [-0.25, -0.2) is 4.39 Å². The average Bonchev–Trinajstić information content (AvgIpc) is 2.27. The largest absolute Gasteiger partial charge is 0.369 e. The van der Waals surface area contributed by atoms with E-state index in [1.165, 1.54) is 12.1 Å². The molecule has 17 heavy (non-hydrogen) atoms. The molecular weight excluding hydrogens is 221 g/mol. The number of carbonyl (C=O) groups excluding carboxylic acids is 1. The molecule has 0 aliphatic rings. The van der Waals surface area contributed by atoms with Gasteiger partial charge in [0.2, 0.25) is 5.91 Å². The quantitative estimate of drug-likeness (QED) is 0.857. The van der Waals surface area contributed by atoms with Crippen LogP contribution in [0.5, 0.6) is 0 Å². The third-order valence-electron chi connectivity index (χ3n) is 2.30. The van der Waals surface area contributed by atoms with Gasteiger partial charge >= 0.3 is 0 Å². The summed E-state index contributed by atoms with van der Waals surface area (Å²) in [5.41, 5.74) is 0.865. The predicted octanol–water partition coefficient (Wildman–Crippen LogP) is 2.43. The number of ether oxygens (including phenoxy) is 1. The van der Waals surface area contributed by atoms with E-state index in [1.807, 2.05) is 20.8 Å². The first-order chi connectivity index (χ1) is 7.99. The highest BCUT2D eigenvalue weighted by Crippen LogP contribution is 2.12. The molecule has 0 spiro atoms. The molecule has 1 amide bonds. The first-order valence-electron chi connectivity index (χ1n) is 5.65. The van der Waals surface area contributed by atoms with Crippen molar-refractivity contribution < 1.29 is 13.9 Å². The molecule has 4 heteroatoms. The second kappa shape index (κ2) is 6.35. The van der Waals surface area contributed by atoms with Gasteiger partial charge in [-0.05, 0) is 38.5 Å². The van der Waals surface area contributed by atoms with Gasteiger partial charge in [-0.15, -0.1) is 0 Å². The monoisotopic (exact) mass is 239 g/mol. The summed E-state index contributed by atoms with van der Waals surface area (Å²) >= 11 is 0. The Bertz CT molecular complexity index is 362. The average molecular weight is 239 g/mol. The van der Waals surface area contributed by atoms with Crippen LogP contribution in [0.15, 0.2) is 24.3 Å². The van der Waals surface area contributed by atoms with Crippen molar-refractivity contribution >= 4 is 5.91 Å². The zero-order chi connectivity index (χ0) is 12.8. The van der Waals surface area contributed by atoms with Crippen LogP contribution in [0.4, 0.5) is 4.39 Å². The second-order valence-corrected chi connectivity index (χ2v) is 4.20. The van der Waals surface area contributed by atoms with Crippen LogP contribution in [0.2, 0.25) is 0 Å². The van der Waals surface area contributed by atoms with Gasteiger partial charge in [0.15, 0.2) is 0 Å². The maximum atomic E-state index is 12.7. The van der Waals surface area contributed by atoms with Gasteiger partial charge in [0.05, 0.1) is 12.1 Å². The molecule has 1 rings (SSSR count). The van der Waals surface area contributed by atoms with Crippen molar-refractivity contribution in [2.45, 2.75) is 32.9 Å². The molecule has 1 aromatic rings. The van der Waals surface area contributed by atoms with Crippen molar-refractivity contribution in [3.8, 4) is 0 Å². The Balaban J connectivity index is 2.46. The lowest BCUT2D eigenvalue weighted by molar-refractivity contribution is -0.127. The van der Waals surface area contributed by atoms with E-state index in [4.69, 9.17) is 4.74 Å². The van der Waals surface area contributed by atoms with Gasteiger partial charge in [0, 0.05) is 0 Å². The van der Waals surface area contributed by atoms with E-state index in [0.717, 1.165) is 5.56 Å². The SMILES string of the molecule is CC(C)OCC(=O)N[C@H](C)c1ccc(F)cc1. The topological polar surface area (TPSA) is 38.3 Å². The van der Waals surface area contributed by atoms with Crippen LogP contribution in [0.1, 0.15) is 32.4 Å². The maximum Gasteiger partial charge on any atom is 0.246 e. The number of rotatable bonds is 5. The van der Waals surface area contributed by atoms with Crippen LogP contribution in [0.25, 0.3) is 0 Å². The molecule has 0 aliphatic carbocycles. The molecule has 0 saturated carbocycles. The molecule has 0 aromatic heterocycles. The summed E-state index contributed by atoms with van der Waals surface area (Å²) in [7, 11) is 0. The van der Waals surface area contributed by atoms with Crippen molar-refractivity contribution in [2.75, 3.05) is 6.61 Å². The minimum Gasteiger partial charge on any atom is -0.369 e. The Morgan fingerprint density at radius 3 is 2.41 bits per heavy atom. The Kier molecular flexibility index (Phi) is 5.10. The van der Waals surface area contributed by atoms with E-state index >= 15 is 0 Å². The number of carbonyl (C=O) groups is 1. The third kappa shape index (κ3) is 4.95. The zero-order valence-electron chi connectivity index (χ0n) is 10.4. The van der Waals surface area contributed by atoms with E-state index in [1.54, 1.807) is 12.1 Å². The summed E-state index contributed by atoms with van der Waals surface area (Å²) in [6.45, 7) is 5.64. The van der Waals surface area contributed by atoms with Crippen LogP contribution in [0.3, 0.4) is 0 Å². The molecule has 1 aromatic carbocycles. The van der Waals surface area contributed by atoms with E-state index < -0.39 is 0 Å². The lowest BCUT2D eigenvalue weighted by Crippen LogP contribution is -2.31. The van der Waals surface area contributed by atoms with Crippen LogP contribution in [0, 0.1) is 5.82 Å². The summed E-state index contributed by atoms with van der Waals surface area (Å²) in [4.78, 5) is 11.5. The van der Waals surface area contributed by atoms with E-state index in [9.17, 15) is 9.18 Å². The standard InChI is InChI=1S/C13H18FNO2/c1-9(2)17-8-13(16)15-10(3)11-4-6-12(14)7-5-11/h4-7,9-10H,8H2,1-3H3,(H,15,16)/t10-/m1/s1. The number of hydrogen-bond acceptors (Lipinski definition) is 2. The molecule has 0 radical (unpaired) electrons. The normalized spacial score (nSPS) is 12.5. The van der Waals surface area contributed by atoms with Gasteiger partial charge in [-0.1, -0.05) is 12.1 Å². The molecule has 94 valence electrons. The van der Waals surface area contributed by atoms with Crippen molar-refractivity contribution in [1.29, 1.82) is 0 Å². The number of nitrogens with one attached hydrogen (secondary N) is 1. The number of hydrogen-bond donors (Lipinski definition) is 1. The lowest BCUT2D eigenvalue weighted by Gasteiger charge is -2.15. The smallest absolute Gasteiger partial charge is 0.246 e. The number of halogens is 1. The Morgan fingerprint density at radius 2 is 1.88 bits per heavy atom. The molecule has 0 unspecified atom stereocenters. The summed E-state index contributed by atoms with van der Waals surface area (Å²) in [6.07, 6.45) is 0.0295. The fraction of sp³-hybridized carbons (Fsp3) is 0.462. The van der Waals surface area contributed by atoms with Crippen LogP contribution in [-0.4, -0.2) is 18.6 Å². The van der Waals surface area contributed by atoms with Gasteiger partial charge < -0.3 is 10.1 Å². The second-order valence-electron chi connectivity index (χ2n) is 4.20. The fourth-order valence-corrected chi connectivity index (χ4v) is 1.36. The summed E-state index contributed by atoms with van der Waals surface area (Å²) in [5, 5.41) is 2.78. The summed E-state index contributed by atoms with van der Waals surface area (Å²) in [6, 6.07) is 5.91. The molecule has 3 nitrogen and oxygen atoms in total. The number of amides is 1. The van der Waals surface area contributed by atoms with E-state index in [0.29, 0.717) is 0 Å². The van der Waals surface area contributed by atoms with E-state index in [2.05, 4.69) is 5.32 Å². The predicted molar refractivity (Wildman–Crippen MR) is 64.0 cm³/mol. The molecule has 0 bridgehead atoms. The maximum absolute atomic E-state index is 12.7. The van der Waals surface area contributed by atoms with Crippen molar-refractivity contribution in [3.63, 3.8) is 0 Å². The molecule has 0 saturated heterocycles. The van der Waals surface area contributed by atoms with Crippen molar-refractivity contribution in [3.05, 3.63) is 35.6 Å². The minimum atomic E-state index is -0.282. The molecule has 1 atom stereocenters. The Morgan fingerprint density at radius 1 is 1.29 bits per heavy atom. The van der Waals surface area contributed by atoms with Gasteiger partial charge in [0.25, 0.3) is 0 Å². The summed E-state index contributed by atoms with van der Waals surface area (Å²) < 4.78 is 17.9. The molecule has 0 heterocycles. The highest BCUT2D eigenvalue weighted by Gasteiger charge is 2.10. The Hall–Kier alpha value is -1.42. The van der Waals surface area contributed by atoms with Gasteiger partial charge in [0.1, 0.15) is 12.4 Å². The zero-order valence-corrected chi connectivity index (χ0v) is 10.4. The third-order valence-corrected chi connectivity index (χ3v) is 2.30. The highest BCUT2D eigenvalue weighted by molar-refractivity contribution is 5.77. The van der Waals surface area contributed by atoms with Gasteiger partial charge in [-0.3, -0.25) is 4.79 Å². The van der Waals surface area contributed by atoms with Crippen LogP contribution < -0.4 is 5.32 Å². The first-order valence-corrected chi connectivity index (χ1v) is 5.65. The Labute approximate surface area is 101 Å². The molecule has 0 fully saturated rings. The first kappa shape index (κ1) is 13.6. The van der Waals surface area contributed by atoms with E-state index in [-0.39, 0.29) is 30.5 Å². The number of benzene rings is 1. The fourth-order valence-electron chi connectivity index (χ4n) is 1.36. The minimum absolute atomic E-state index is 0.0295. The lowest BCUT2D eigenvalue weighted by atomic mass is 10.1. The van der Waals surface area contributed by atoms with Gasteiger partial charge in [-0.2, -0.15) is 0 Å². The molecule has 0 aliphatic heterocycles. The molecule has 1 N–H and O–H groups in total. The molecular formula is C13H18FNO2.